The van der Waals surface area contributed by atoms with Gasteiger partial charge in [0.05, 0.1) is 0 Å². The number of hydrogen-bond acceptors (Lipinski definition) is 4. The maximum absolute atomic E-state index is 11.3. The van der Waals surface area contributed by atoms with E-state index in [0.29, 0.717) is 6.42 Å². The molecule has 1 unspecified atom stereocenters. The maximum atomic E-state index is 11.3. The molecule has 0 spiro atoms. The van der Waals surface area contributed by atoms with Crippen LogP contribution in [0.2, 0.25) is 0 Å². The van der Waals surface area contributed by atoms with Crippen molar-refractivity contribution in [1.29, 1.82) is 0 Å². The van der Waals surface area contributed by atoms with Crippen molar-refractivity contribution in [2.24, 2.45) is 0 Å². The zero-order chi connectivity index (χ0) is 14.6. The van der Waals surface area contributed by atoms with Crippen LogP contribution >= 0.6 is 6.72 Å². The fraction of sp³-hybridized carbons (Fsp3) is 0.923. The Labute approximate surface area is 152 Å². The molecule has 0 aromatic carbocycles. The zero-order valence-corrected chi connectivity index (χ0v) is 16.8. The monoisotopic (exact) mass is 334 g/mol. The van der Waals surface area contributed by atoms with Gasteiger partial charge in [0.1, 0.15) is 0 Å². The van der Waals surface area contributed by atoms with Crippen LogP contribution < -0.4 is 29.6 Å². The second kappa shape index (κ2) is 15.0. The SMILES string of the molecule is CCCCCCCCCCCC(=O)OP(O)(=S)OC.[H-].[Na+]. The second-order valence-electron chi connectivity index (χ2n) is 4.69. The minimum atomic E-state index is -3.32. The smallest absolute Gasteiger partial charge is 1.00 e. The predicted octanol–water partition coefficient (Wildman–Crippen LogP) is 1.43. The van der Waals surface area contributed by atoms with Crippen molar-refractivity contribution in [3.63, 3.8) is 0 Å². The minimum Gasteiger partial charge on any atom is -1.00 e. The largest absolute Gasteiger partial charge is 1.00 e. The van der Waals surface area contributed by atoms with E-state index in [1.54, 1.807) is 0 Å². The summed E-state index contributed by atoms with van der Waals surface area (Å²) in [6, 6.07) is 0. The Bertz CT molecular complexity index is 295. The summed E-state index contributed by atoms with van der Waals surface area (Å²) >= 11 is 4.59. The molecule has 0 aliphatic rings. The standard InChI is InChI=1S/C13H27O4PS.Na.H/c1-3-4-5-6-7-8-9-10-11-12-13(14)17-18(15,19)16-2;;/h3-12H2,1-2H3,(H,15,19);;/q;+1;-1. The van der Waals surface area contributed by atoms with Gasteiger partial charge in [0.15, 0.2) is 0 Å². The van der Waals surface area contributed by atoms with Crippen LogP contribution in [0.1, 0.15) is 72.6 Å². The summed E-state index contributed by atoms with van der Waals surface area (Å²) in [6.07, 6.45) is 11.0. The van der Waals surface area contributed by atoms with Crippen molar-refractivity contribution >= 4 is 24.5 Å². The van der Waals surface area contributed by atoms with E-state index >= 15 is 0 Å². The molecule has 0 saturated heterocycles. The molecule has 0 saturated carbocycles. The van der Waals surface area contributed by atoms with Gasteiger partial charge in [-0.1, -0.05) is 58.3 Å². The summed E-state index contributed by atoms with van der Waals surface area (Å²) in [4.78, 5) is 20.6. The summed E-state index contributed by atoms with van der Waals surface area (Å²) < 4.78 is 9.22. The molecule has 0 fully saturated rings. The molecule has 0 aromatic rings. The Kier molecular flexibility index (Phi) is 17.4. The molecule has 4 nitrogen and oxygen atoms in total. The molecule has 7 heteroatoms. The normalized spacial score (nSPS) is 13.3. The van der Waals surface area contributed by atoms with Gasteiger partial charge in [-0.15, -0.1) is 0 Å². The Balaban J connectivity index is -0.00000162. The van der Waals surface area contributed by atoms with Crippen LogP contribution in [0.15, 0.2) is 0 Å². The maximum Gasteiger partial charge on any atom is 1.00 e. The van der Waals surface area contributed by atoms with E-state index in [1.165, 1.54) is 45.6 Å². The Morgan fingerprint density at radius 2 is 1.55 bits per heavy atom. The van der Waals surface area contributed by atoms with Crippen molar-refractivity contribution in [3.8, 4) is 0 Å². The molecular weight excluding hydrogens is 306 g/mol. The first-order valence-corrected chi connectivity index (χ1v) is 9.72. The first-order valence-electron chi connectivity index (χ1n) is 7.12. The van der Waals surface area contributed by atoms with E-state index in [0.717, 1.165) is 19.3 Å². The topological polar surface area (TPSA) is 55.8 Å². The summed E-state index contributed by atoms with van der Waals surface area (Å²) in [5, 5.41) is 0. The fourth-order valence-corrected chi connectivity index (χ4v) is 2.46. The van der Waals surface area contributed by atoms with Crippen LogP contribution in [0.3, 0.4) is 0 Å². The average molecular weight is 334 g/mol. The first-order chi connectivity index (χ1) is 9.02. The molecule has 0 amide bonds. The van der Waals surface area contributed by atoms with Gasteiger partial charge >= 0.3 is 42.2 Å². The van der Waals surface area contributed by atoms with Crippen LogP contribution in [0.25, 0.3) is 0 Å². The van der Waals surface area contributed by atoms with Crippen LogP contribution in [0.5, 0.6) is 0 Å². The van der Waals surface area contributed by atoms with E-state index in [1.807, 2.05) is 0 Å². The van der Waals surface area contributed by atoms with Crippen molar-refractivity contribution in [3.05, 3.63) is 0 Å². The average Bonchev–Trinajstić information content (AvgIpc) is 2.36. The Hall–Kier alpha value is 1.04. The van der Waals surface area contributed by atoms with Gasteiger partial charge in [-0.3, -0.25) is 4.79 Å². The summed E-state index contributed by atoms with van der Waals surface area (Å²) in [5.74, 6) is -0.462. The van der Waals surface area contributed by atoms with Gasteiger partial charge in [-0.2, -0.15) is 0 Å². The molecule has 1 atom stereocenters. The molecule has 20 heavy (non-hydrogen) atoms. The molecule has 0 radical (unpaired) electrons. The summed E-state index contributed by atoms with van der Waals surface area (Å²) in [6.45, 7) is -1.11. The Morgan fingerprint density at radius 1 is 1.10 bits per heavy atom. The third kappa shape index (κ3) is 15.4. The van der Waals surface area contributed by atoms with Gasteiger partial charge in [0.25, 0.3) is 0 Å². The van der Waals surface area contributed by atoms with Gasteiger partial charge in [-0.25, -0.2) is 0 Å². The summed E-state index contributed by atoms with van der Waals surface area (Å²) in [5.41, 5.74) is 0. The number of rotatable bonds is 12. The van der Waals surface area contributed by atoms with Crippen LogP contribution in [-0.4, -0.2) is 18.0 Å². The summed E-state index contributed by atoms with van der Waals surface area (Å²) in [7, 11) is 1.24. The molecule has 0 rings (SSSR count). The van der Waals surface area contributed by atoms with Crippen molar-refractivity contribution in [2.75, 3.05) is 7.11 Å². The molecule has 0 heterocycles. The molecule has 0 bridgehead atoms. The molecular formula is C13H28NaO4PS. The molecule has 116 valence electrons. The number of carbonyl (C=O) groups is 1. The molecule has 1 N–H and O–H groups in total. The van der Waals surface area contributed by atoms with Gasteiger partial charge < -0.3 is 15.4 Å². The van der Waals surface area contributed by atoms with Gasteiger partial charge in [0, 0.05) is 25.3 Å². The van der Waals surface area contributed by atoms with Crippen LogP contribution in [0.4, 0.5) is 0 Å². The van der Waals surface area contributed by atoms with Gasteiger partial charge in [0.2, 0.25) is 0 Å². The van der Waals surface area contributed by atoms with Crippen LogP contribution in [-0.2, 0) is 25.6 Å². The van der Waals surface area contributed by atoms with Crippen molar-refractivity contribution in [1.82, 2.24) is 0 Å². The quantitative estimate of drug-likeness (QED) is 0.332. The number of unbranched alkanes of at least 4 members (excludes halogenated alkanes) is 8. The fourth-order valence-electron chi connectivity index (χ4n) is 1.79. The van der Waals surface area contributed by atoms with Crippen molar-refractivity contribution in [2.45, 2.75) is 71.1 Å². The first kappa shape index (κ1) is 23.3. The van der Waals surface area contributed by atoms with E-state index in [4.69, 9.17) is 0 Å². The second-order valence-corrected chi connectivity index (χ2v) is 7.56. The van der Waals surface area contributed by atoms with E-state index < -0.39 is 12.7 Å². The van der Waals surface area contributed by atoms with E-state index in [-0.39, 0.29) is 31.0 Å². The van der Waals surface area contributed by atoms with E-state index in [2.05, 4.69) is 27.8 Å². The third-order valence-electron chi connectivity index (χ3n) is 2.93. The third-order valence-corrected chi connectivity index (χ3v) is 4.50. The van der Waals surface area contributed by atoms with Crippen molar-refractivity contribution < 1.29 is 49.7 Å². The van der Waals surface area contributed by atoms with Crippen LogP contribution in [0, 0.1) is 0 Å². The number of hydrogen-bond donors (Lipinski definition) is 1. The predicted molar refractivity (Wildman–Crippen MR) is 82.6 cm³/mol. The Morgan fingerprint density at radius 3 is 2.00 bits per heavy atom. The number of carbonyl (C=O) groups excluding carboxylic acids is 1. The molecule has 0 aliphatic carbocycles. The van der Waals surface area contributed by atoms with E-state index in [9.17, 15) is 9.69 Å². The molecule has 0 aromatic heterocycles. The van der Waals surface area contributed by atoms with Gasteiger partial charge in [-0.05, 0) is 6.42 Å². The minimum absolute atomic E-state index is 0. The zero-order valence-electron chi connectivity index (χ0n) is 14.1. The molecule has 0 aliphatic heterocycles.